The van der Waals surface area contributed by atoms with E-state index in [0.717, 1.165) is 21.5 Å². The van der Waals surface area contributed by atoms with Crippen molar-refractivity contribution in [3.63, 3.8) is 0 Å². The maximum atomic E-state index is 11.4. The molecule has 0 aliphatic heterocycles. The van der Waals surface area contributed by atoms with Crippen LogP contribution < -0.4 is 0 Å². The minimum absolute atomic E-state index is 0.374. The molecule has 3 aromatic rings. The van der Waals surface area contributed by atoms with Crippen LogP contribution in [0.3, 0.4) is 0 Å². The van der Waals surface area contributed by atoms with E-state index in [-0.39, 0.29) is 0 Å². The zero-order valence-electron chi connectivity index (χ0n) is 11.1. The summed E-state index contributed by atoms with van der Waals surface area (Å²) in [7, 11) is 0. The molecule has 0 amide bonds. The summed E-state index contributed by atoms with van der Waals surface area (Å²) in [5.74, 6) is 0.587. The van der Waals surface area contributed by atoms with E-state index in [1.54, 1.807) is 4.68 Å². The Kier molecular flexibility index (Phi) is 3.02. The molecular weight excluding hydrogens is 274 g/mol. The van der Waals surface area contributed by atoms with Crippen LogP contribution in [-0.2, 0) is 6.54 Å². The number of hydrogen-bond donors (Lipinski definition) is 1. The number of benzene rings is 1. The molecule has 0 aliphatic rings. The Balaban J connectivity index is 2.16. The number of aromatic nitrogens is 3. The van der Waals surface area contributed by atoms with E-state index in [1.165, 1.54) is 11.3 Å². The van der Waals surface area contributed by atoms with Crippen molar-refractivity contribution in [2.75, 3.05) is 0 Å². The first-order valence-corrected chi connectivity index (χ1v) is 6.99. The monoisotopic (exact) mass is 287 g/mol. The van der Waals surface area contributed by atoms with E-state index in [4.69, 9.17) is 0 Å². The number of rotatable bonds is 3. The highest BCUT2D eigenvalue weighted by atomic mass is 32.1. The maximum Gasteiger partial charge on any atom is 0.346 e. The number of hydrogen-bond acceptors (Lipinski definition) is 4. The Labute approximate surface area is 119 Å². The topological polar surface area (TPSA) is 68.0 Å². The summed E-state index contributed by atoms with van der Waals surface area (Å²) < 4.78 is 2.73. The molecule has 0 spiro atoms. The van der Waals surface area contributed by atoms with E-state index < -0.39 is 5.97 Å². The fourth-order valence-electron chi connectivity index (χ4n) is 2.29. The highest BCUT2D eigenvalue weighted by Gasteiger charge is 2.18. The normalized spacial score (nSPS) is 11.1. The van der Waals surface area contributed by atoms with E-state index in [2.05, 4.69) is 10.1 Å². The SMILES string of the molecule is Cc1nc(C)n(Cc2c(C(=O)O)sc3ccccc23)n1. The van der Waals surface area contributed by atoms with Gasteiger partial charge in [0, 0.05) is 10.3 Å². The first-order valence-electron chi connectivity index (χ1n) is 6.18. The fraction of sp³-hybridized carbons (Fsp3) is 0.214. The number of nitrogens with zero attached hydrogens (tertiary/aromatic N) is 3. The summed E-state index contributed by atoms with van der Waals surface area (Å²) in [6, 6.07) is 7.73. The molecule has 2 aromatic heterocycles. The Hall–Kier alpha value is -2.21. The molecule has 0 unspecified atom stereocenters. The van der Waals surface area contributed by atoms with Gasteiger partial charge in [0.2, 0.25) is 0 Å². The standard InChI is InChI=1S/C14H13N3O2S/c1-8-15-9(2)17(16-8)7-11-10-5-3-4-6-12(10)20-13(11)14(18)19/h3-6H,7H2,1-2H3,(H,18,19). The zero-order chi connectivity index (χ0) is 14.3. The molecule has 0 radical (unpaired) electrons. The van der Waals surface area contributed by atoms with Crippen LogP contribution in [0.4, 0.5) is 0 Å². The molecule has 3 rings (SSSR count). The first-order chi connectivity index (χ1) is 9.56. The quantitative estimate of drug-likeness (QED) is 0.804. The molecule has 0 saturated heterocycles. The third-order valence-electron chi connectivity index (χ3n) is 3.16. The highest BCUT2D eigenvalue weighted by molar-refractivity contribution is 7.21. The molecule has 5 nitrogen and oxygen atoms in total. The minimum atomic E-state index is -0.893. The van der Waals surface area contributed by atoms with E-state index in [1.807, 2.05) is 38.1 Å². The average molecular weight is 287 g/mol. The molecule has 6 heteroatoms. The van der Waals surface area contributed by atoms with Crippen LogP contribution in [0.1, 0.15) is 26.9 Å². The van der Waals surface area contributed by atoms with Gasteiger partial charge in [0.1, 0.15) is 16.5 Å². The van der Waals surface area contributed by atoms with Crippen molar-refractivity contribution in [2.24, 2.45) is 0 Å². The first kappa shape index (κ1) is 12.8. The second-order valence-electron chi connectivity index (χ2n) is 4.57. The summed E-state index contributed by atoms with van der Waals surface area (Å²) in [5, 5.41) is 14.7. The number of thiophene rings is 1. The predicted molar refractivity (Wildman–Crippen MR) is 77.4 cm³/mol. The van der Waals surface area contributed by atoms with Gasteiger partial charge in [-0.2, -0.15) is 5.10 Å². The number of fused-ring (bicyclic) bond motifs is 1. The molecule has 0 saturated carbocycles. The molecule has 0 bridgehead atoms. The molecule has 0 atom stereocenters. The Bertz CT molecular complexity index is 804. The fourth-order valence-corrected chi connectivity index (χ4v) is 3.34. The second-order valence-corrected chi connectivity index (χ2v) is 5.63. The summed E-state index contributed by atoms with van der Waals surface area (Å²) in [5.41, 5.74) is 0.797. The van der Waals surface area contributed by atoms with Crippen LogP contribution >= 0.6 is 11.3 Å². The Morgan fingerprint density at radius 1 is 1.35 bits per heavy atom. The van der Waals surface area contributed by atoms with Gasteiger partial charge in [-0.3, -0.25) is 0 Å². The van der Waals surface area contributed by atoms with Gasteiger partial charge >= 0.3 is 5.97 Å². The van der Waals surface area contributed by atoms with Crippen LogP contribution in [0.15, 0.2) is 24.3 Å². The van der Waals surface area contributed by atoms with Gasteiger partial charge in [0.05, 0.1) is 6.54 Å². The summed E-state index contributed by atoms with van der Waals surface area (Å²) in [4.78, 5) is 16.1. The third kappa shape index (κ3) is 2.08. The van der Waals surface area contributed by atoms with Gasteiger partial charge in [0.25, 0.3) is 0 Å². The molecule has 20 heavy (non-hydrogen) atoms. The lowest BCUT2D eigenvalue weighted by Gasteiger charge is -2.04. The van der Waals surface area contributed by atoms with E-state index >= 15 is 0 Å². The lowest BCUT2D eigenvalue weighted by Crippen LogP contribution is -2.07. The van der Waals surface area contributed by atoms with Gasteiger partial charge in [-0.1, -0.05) is 18.2 Å². The number of carbonyl (C=O) groups is 1. The average Bonchev–Trinajstić information content (AvgIpc) is 2.91. The van der Waals surface area contributed by atoms with E-state index in [0.29, 0.717) is 17.2 Å². The van der Waals surface area contributed by atoms with Gasteiger partial charge in [-0.15, -0.1) is 11.3 Å². The molecule has 0 aliphatic carbocycles. The molecule has 1 N–H and O–H groups in total. The van der Waals surface area contributed by atoms with Crippen molar-refractivity contribution in [1.29, 1.82) is 0 Å². The maximum absolute atomic E-state index is 11.4. The highest BCUT2D eigenvalue weighted by Crippen LogP contribution is 2.31. The van der Waals surface area contributed by atoms with Crippen molar-refractivity contribution >= 4 is 27.4 Å². The number of carboxylic acid groups (broad SMARTS) is 1. The van der Waals surface area contributed by atoms with Crippen molar-refractivity contribution in [2.45, 2.75) is 20.4 Å². The van der Waals surface area contributed by atoms with Crippen molar-refractivity contribution < 1.29 is 9.90 Å². The Morgan fingerprint density at radius 3 is 2.75 bits per heavy atom. The van der Waals surface area contributed by atoms with Gasteiger partial charge < -0.3 is 5.11 Å². The van der Waals surface area contributed by atoms with Gasteiger partial charge in [-0.25, -0.2) is 14.5 Å². The number of aromatic carboxylic acids is 1. The lowest BCUT2D eigenvalue weighted by atomic mass is 10.1. The van der Waals surface area contributed by atoms with Gasteiger partial charge in [0.15, 0.2) is 0 Å². The summed E-state index contributed by atoms with van der Waals surface area (Å²) in [6.45, 7) is 4.13. The zero-order valence-corrected chi connectivity index (χ0v) is 11.9. The molecule has 1 aromatic carbocycles. The molecule has 2 heterocycles. The number of carboxylic acids is 1. The van der Waals surface area contributed by atoms with Crippen molar-refractivity contribution in [3.8, 4) is 0 Å². The molecular formula is C14H13N3O2S. The van der Waals surface area contributed by atoms with Crippen LogP contribution in [0.2, 0.25) is 0 Å². The van der Waals surface area contributed by atoms with Crippen molar-refractivity contribution in [3.05, 3.63) is 46.4 Å². The second kappa shape index (κ2) is 4.72. The lowest BCUT2D eigenvalue weighted by molar-refractivity contribution is 0.0701. The third-order valence-corrected chi connectivity index (χ3v) is 4.36. The minimum Gasteiger partial charge on any atom is -0.477 e. The largest absolute Gasteiger partial charge is 0.477 e. The Morgan fingerprint density at radius 2 is 2.10 bits per heavy atom. The smallest absolute Gasteiger partial charge is 0.346 e. The number of aryl methyl sites for hydroxylation is 2. The van der Waals surface area contributed by atoms with E-state index in [9.17, 15) is 9.90 Å². The molecule has 0 fully saturated rings. The predicted octanol–water partition coefficient (Wildman–Crippen LogP) is 2.86. The van der Waals surface area contributed by atoms with Crippen LogP contribution in [0.25, 0.3) is 10.1 Å². The van der Waals surface area contributed by atoms with Crippen molar-refractivity contribution in [1.82, 2.24) is 14.8 Å². The summed E-state index contributed by atoms with van der Waals surface area (Å²) in [6.07, 6.45) is 0. The van der Waals surface area contributed by atoms with Crippen LogP contribution in [-0.4, -0.2) is 25.8 Å². The molecule has 102 valence electrons. The van der Waals surface area contributed by atoms with Gasteiger partial charge in [-0.05, 0) is 25.3 Å². The van der Waals surface area contributed by atoms with Crippen LogP contribution in [0, 0.1) is 13.8 Å². The van der Waals surface area contributed by atoms with Crippen LogP contribution in [0.5, 0.6) is 0 Å². The summed E-state index contributed by atoms with van der Waals surface area (Å²) >= 11 is 1.30.